The van der Waals surface area contributed by atoms with Gasteiger partial charge in [-0.15, -0.1) is 0 Å². The largest absolute Gasteiger partial charge is 0.480 e. The van der Waals surface area contributed by atoms with Crippen molar-refractivity contribution < 1.29 is 14.1 Å². The molecule has 0 fully saturated rings. The van der Waals surface area contributed by atoms with Crippen molar-refractivity contribution in [3.63, 3.8) is 0 Å². The molecule has 4 nitrogen and oxygen atoms in total. The first kappa shape index (κ1) is 10.6. The predicted molar refractivity (Wildman–Crippen MR) is 44.0 cm³/mol. The van der Waals surface area contributed by atoms with Crippen molar-refractivity contribution >= 4 is 16.8 Å². The van der Waals surface area contributed by atoms with Crippen LogP contribution < -0.4 is 5.32 Å². The molecular formula is C6H13NO3S. The van der Waals surface area contributed by atoms with E-state index >= 15 is 0 Å². The van der Waals surface area contributed by atoms with E-state index in [2.05, 4.69) is 5.32 Å². The number of rotatable bonds is 5. The van der Waals surface area contributed by atoms with E-state index in [1.54, 1.807) is 6.26 Å². The smallest absolute Gasteiger partial charge is 0.317 e. The van der Waals surface area contributed by atoms with Crippen LogP contribution in [0.2, 0.25) is 0 Å². The molecule has 0 spiro atoms. The van der Waals surface area contributed by atoms with E-state index in [1.807, 2.05) is 6.92 Å². The van der Waals surface area contributed by atoms with Gasteiger partial charge >= 0.3 is 5.97 Å². The Bertz CT molecular complexity index is 160. The summed E-state index contributed by atoms with van der Waals surface area (Å²) in [6, 6.07) is -0.00284. The van der Waals surface area contributed by atoms with Crippen LogP contribution >= 0.6 is 0 Å². The molecule has 0 heterocycles. The normalized spacial score (nSPS) is 15.8. The van der Waals surface area contributed by atoms with Crippen LogP contribution in [-0.2, 0) is 15.6 Å². The summed E-state index contributed by atoms with van der Waals surface area (Å²) < 4.78 is 10.6. The van der Waals surface area contributed by atoms with E-state index in [9.17, 15) is 9.00 Å². The zero-order valence-corrected chi connectivity index (χ0v) is 7.48. The number of carboxylic acids is 1. The summed E-state index contributed by atoms with van der Waals surface area (Å²) in [4.78, 5) is 10.1. The molecule has 5 heteroatoms. The molecule has 0 bridgehead atoms. The van der Waals surface area contributed by atoms with Crippen molar-refractivity contribution in [2.75, 3.05) is 18.6 Å². The van der Waals surface area contributed by atoms with Crippen molar-refractivity contribution in [1.82, 2.24) is 5.32 Å². The second-order valence-corrected chi connectivity index (χ2v) is 3.90. The fourth-order valence-corrected chi connectivity index (χ4v) is 1.49. The number of hydrogen-bond donors (Lipinski definition) is 2. The molecule has 0 aliphatic carbocycles. The topological polar surface area (TPSA) is 66.4 Å². The molecule has 2 unspecified atom stereocenters. The summed E-state index contributed by atoms with van der Waals surface area (Å²) in [7, 11) is -0.866. The molecule has 0 aromatic rings. The highest BCUT2D eigenvalue weighted by atomic mass is 32.2. The highest BCUT2D eigenvalue weighted by molar-refractivity contribution is 7.84. The molecule has 11 heavy (non-hydrogen) atoms. The molecule has 0 rings (SSSR count). The summed E-state index contributed by atoms with van der Waals surface area (Å²) in [5, 5.41) is 11.0. The first-order valence-corrected chi connectivity index (χ1v) is 5.00. The lowest BCUT2D eigenvalue weighted by atomic mass is 10.4. The van der Waals surface area contributed by atoms with Gasteiger partial charge in [-0.25, -0.2) is 0 Å². The quantitative estimate of drug-likeness (QED) is 0.593. The lowest BCUT2D eigenvalue weighted by molar-refractivity contribution is -0.136. The summed E-state index contributed by atoms with van der Waals surface area (Å²) in [5.41, 5.74) is 0. The molecular weight excluding hydrogens is 166 g/mol. The van der Waals surface area contributed by atoms with Crippen molar-refractivity contribution in [2.24, 2.45) is 0 Å². The van der Waals surface area contributed by atoms with Gasteiger partial charge in [0.15, 0.2) is 0 Å². The monoisotopic (exact) mass is 179 g/mol. The third-order valence-corrected chi connectivity index (χ3v) is 2.06. The van der Waals surface area contributed by atoms with Gasteiger partial charge in [0.25, 0.3) is 0 Å². The van der Waals surface area contributed by atoms with Gasteiger partial charge in [-0.1, -0.05) is 0 Å². The zero-order chi connectivity index (χ0) is 8.85. The van der Waals surface area contributed by atoms with E-state index in [0.29, 0.717) is 5.75 Å². The molecule has 0 amide bonds. The van der Waals surface area contributed by atoms with Crippen LogP contribution in [0.1, 0.15) is 6.92 Å². The maximum Gasteiger partial charge on any atom is 0.317 e. The maximum absolute atomic E-state index is 10.6. The Kier molecular flexibility index (Phi) is 5.06. The SMILES string of the molecule is CC(CS(C)=O)NCC(=O)O. The van der Waals surface area contributed by atoms with E-state index < -0.39 is 16.8 Å². The molecule has 0 saturated carbocycles. The molecule has 2 N–H and O–H groups in total. The first-order valence-electron chi connectivity index (χ1n) is 3.27. The lowest BCUT2D eigenvalue weighted by Crippen LogP contribution is -2.34. The number of nitrogens with one attached hydrogen (secondary N) is 1. The standard InChI is InChI=1S/C6H13NO3S/c1-5(4-11(2)10)7-3-6(8)9/h5,7H,3-4H2,1-2H3,(H,8,9). The van der Waals surface area contributed by atoms with Crippen LogP contribution in [0.4, 0.5) is 0 Å². The van der Waals surface area contributed by atoms with Crippen LogP contribution in [0.5, 0.6) is 0 Å². The van der Waals surface area contributed by atoms with Gasteiger partial charge in [0.2, 0.25) is 0 Å². The Labute approximate surface area is 68.4 Å². The second kappa shape index (κ2) is 5.26. The highest BCUT2D eigenvalue weighted by Gasteiger charge is 2.04. The van der Waals surface area contributed by atoms with Crippen molar-refractivity contribution in [3.8, 4) is 0 Å². The molecule has 0 aromatic carbocycles. The number of hydrogen-bond acceptors (Lipinski definition) is 3. The third-order valence-electron chi connectivity index (χ3n) is 1.09. The Balaban J connectivity index is 3.44. The van der Waals surface area contributed by atoms with E-state index in [-0.39, 0.29) is 12.6 Å². The van der Waals surface area contributed by atoms with Crippen LogP contribution in [0.25, 0.3) is 0 Å². The Hall–Kier alpha value is -0.420. The molecule has 0 aliphatic rings. The third kappa shape index (κ3) is 7.48. The fourth-order valence-electron chi connectivity index (χ4n) is 0.673. The summed E-state index contributed by atoms with van der Waals surface area (Å²) >= 11 is 0. The minimum absolute atomic E-state index is 0.00284. The van der Waals surface area contributed by atoms with Gasteiger partial charge in [0.1, 0.15) is 0 Å². The average molecular weight is 179 g/mol. The number of aliphatic carboxylic acids is 1. The summed E-state index contributed by atoms with van der Waals surface area (Å²) in [5.74, 6) is -0.397. The van der Waals surface area contributed by atoms with Gasteiger partial charge in [0, 0.05) is 28.9 Å². The Morgan fingerprint density at radius 2 is 2.27 bits per heavy atom. The maximum atomic E-state index is 10.6. The van der Waals surface area contributed by atoms with E-state index in [1.165, 1.54) is 0 Å². The summed E-state index contributed by atoms with van der Waals surface area (Å²) in [6.45, 7) is 1.74. The molecule has 0 saturated heterocycles. The van der Waals surface area contributed by atoms with E-state index in [4.69, 9.17) is 5.11 Å². The van der Waals surface area contributed by atoms with Crippen molar-refractivity contribution in [2.45, 2.75) is 13.0 Å². The van der Waals surface area contributed by atoms with Gasteiger partial charge in [-0.2, -0.15) is 0 Å². The number of carbonyl (C=O) groups is 1. The minimum Gasteiger partial charge on any atom is -0.480 e. The predicted octanol–water partition coefficient (Wildman–Crippen LogP) is -0.572. The van der Waals surface area contributed by atoms with Gasteiger partial charge in [-0.3, -0.25) is 9.00 Å². The first-order chi connectivity index (χ1) is 5.02. The van der Waals surface area contributed by atoms with E-state index in [0.717, 1.165) is 0 Å². The molecule has 2 atom stereocenters. The lowest BCUT2D eigenvalue weighted by Gasteiger charge is -2.08. The van der Waals surface area contributed by atoms with Crippen LogP contribution in [0.15, 0.2) is 0 Å². The minimum atomic E-state index is -0.890. The van der Waals surface area contributed by atoms with Gasteiger partial charge in [0.05, 0.1) is 6.54 Å². The zero-order valence-electron chi connectivity index (χ0n) is 6.66. The molecule has 0 aromatic heterocycles. The van der Waals surface area contributed by atoms with Crippen LogP contribution in [0, 0.1) is 0 Å². The second-order valence-electron chi connectivity index (χ2n) is 2.42. The fraction of sp³-hybridized carbons (Fsp3) is 0.833. The van der Waals surface area contributed by atoms with Crippen LogP contribution in [-0.4, -0.2) is 39.9 Å². The van der Waals surface area contributed by atoms with Gasteiger partial charge < -0.3 is 10.4 Å². The highest BCUT2D eigenvalue weighted by Crippen LogP contribution is 1.84. The number of carboxylic acid groups (broad SMARTS) is 1. The Morgan fingerprint density at radius 3 is 2.64 bits per heavy atom. The Morgan fingerprint density at radius 1 is 1.73 bits per heavy atom. The molecule has 0 aliphatic heterocycles. The van der Waals surface area contributed by atoms with Crippen LogP contribution in [0.3, 0.4) is 0 Å². The molecule has 66 valence electrons. The van der Waals surface area contributed by atoms with Crippen molar-refractivity contribution in [1.29, 1.82) is 0 Å². The average Bonchev–Trinajstić information content (AvgIpc) is 1.82. The van der Waals surface area contributed by atoms with Crippen molar-refractivity contribution in [3.05, 3.63) is 0 Å². The van der Waals surface area contributed by atoms with Gasteiger partial charge in [-0.05, 0) is 6.92 Å². The molecule has 0 radical (unpaired) electrons. The summed E-state index contributed by atoms with van der Waals surface area (Å²) in [6.07, 6.45) is 1.60.